The number of hydrogen-bond donors (Lipinski definition) is 2. The Balaban J connectivity index is 2.06. The van der Waals surface area contributed by atoms with Crippen LogP contribution < -0.4 is 20.5 Å². The molecule has 0 aromatic heterocycles. The fraction of sp³-hybridized carbons (Fsp3) is 0.529. The zero-order chi connectivity index (χ0) is 16.8. The van der Waals surface area contributed by atoms with E-state index in [1.54, 1.807) is 18.2 Å². The van der Waals surface area contributed by atoms with Crippen molar-refractivity contribution >= 4 is 11.8 Å². The van der Waals surface area contributed by atoms with E-state index in [1.165, 1.54) is 13.5 Å². The Morgan fingerprint density at radius 2 is 2.00 bits per heavy atom. The number of carbonyl (C=O) groups is 2. The molecule has 1 aromatic carbocycles. The van der Waals surface area contributed by atoms with Crippen molar-refractivity contribution in [2.45, 2.75) is 38.6 Å². The first-order valence-electron chi connectivity index (χ1n) is 7.91. The topological polar surface area (TPSA) is 90.7 Å². The smallest absolute Gasteiger partial charge is 0.255 e. The van der Waals surface area contributed by atoms with Crippen molar-refractivity contribution in [2.75, 3.05) is 13.7 Å². The summed E-state index contributed by atoms with van der Waals surface area (Å²) in [6.45, 7) is 1.94. The lowest BCUT2D eigenvalue weighted by molar-refractivity contribution is -0.119. The summed E-state index contributed by atoms with van der Waals surface area (Å²) < 4.78 is 10.5. The number of nitrogens with one attached hydrogen (secondary N) is 1. The molecule has 0 saturated heterocycles. The van der Waals surface area contributed by atoms with Gasteiger partial charge in [-0.1, -0.05) is 19.8 Å². The van der Waals surface area contributed by atoms with Crippen LogP contribution in [0.4, 0.5) is 0 Å². The van der Waals surface area contributed by atoms with Crippen molar-refractivity contribution in [3.05, 3.63) is 23.8 Å². The number of amides is 2. The van der Waals surface area contributed by atoms with Crippen LogP contribution in [0.2, 0.25) is 0 Å². The molecule has 0 radical (unpaired) electrons. The van der Waals surface area contributed by atoms with Crippen molar-refractivity contribution in [3.63, 3.8) is 0 Å². The number of hydrogen-bond acceptors (Lipinski definition) is 4. The molecule has 6 nitrogen and oxygen atoms in total. The summed E-state index contributed by atoms with van der Waals surface area (Å²) >= 11 is 0. The van der Waals surface area contributed by atoms with E-state index in [0.717, 1.165) is 19.3 Å². The van der Waals surface area contributed by atoms with E-state index >= 15 is 0 Å². The van der Waals surface area contributed by atoms with Crippen molar-refractivity contribution in [2.24, 2.45) is 11.7 Å². The Bertz CT molecular complexity index is 574. The monoisotopic (exact) mass is 320 g/mol. The van der Waals surface area contributed by atoms with Crippen LogP contribution in [0, 0.1) is 5.92 Å². The lowest BCUT2D eigenvalue weighted by Gasteiger charge is -2.29. The van der Waals surface area contributed by atoms with Gasteiger partial charge in [0.1, 0.15) is 0 Å². The molecule has 2 atom stereocenters. The molecule has 126 valence electrons. The second-order valence-electron chi connectivity index (χ2n) is 5.96. The molecule has 3 N–H and O–H groups in total. The zero-order valence-corrected chi connectivity index (χ0v) is 13.6. The fourth-order valence-corrected chi connectivity index (χ4v) is 2.86. The minimum absolute atomic E-state index is 0.122. The van der Waals surface area contributed by atoms with Crippen molar-refractivity contribution in [1.29, 1.82) is 0 Å². The van der Waals surface area contributed by atoms with E-state index in [0.29, 0.717) is 23.0 Å². The Kier molecular flexibility index (Phi) is 5.84. The summed E-state index contributed by atoms with van der Waals surface area (Å²) in [7, 11) is 1.48. The van der Waals surface area contributed by atoms with Gasteiger partial charge < -0.3 is 20.5 Å². The lowest BCUT2D eigenvalue weighted by Crippen LogP contribution is -2.41. The van der Waals surface area contributed by atoms with Gasteiger partial charge in [0.2, 0.25) is 0 Å². The highest BCUT2D eigenvalue weighted by atomic mass is 16.5. The first-order valence-corrected chi connectivity index (χ1v) is 7.91. The fourth-order valence-electron chi connectivity index (χ4n) is 2.86. The molecule has 1 aromatic rings. The molecule has 1 aliphatic carbocycles. The minimum Gasteiger partial charge on any atom is -0.493 e. The predicted molar refractivity (Wildman–Crippen MR) is 86.6 cm³/mol. The largest absolute Gasteiger partial charge is 0.493 e. The second kappa shape index (κ2) is 7.85. The van der Waals surface area contributed by atoms with Crippen molar-refractivity contribution < 1.29 is 19.1 Å². The third-order valence-electron chi connectivity index (χ3n) is 4.22. The second-order valence-corrected chi connectivity index (χ2v) is 5.96. The van der Waals surface area contributed by atoms with Gasteiger partial charge in [-0.05, 0) is 37.0 Å². The Morgan fingerprint density at radius 3 is 2.65 bits per heavy atom. The summed E-state index contributed by atoms with van der Waals surface area (Å²) in [6.07, 6.45) is 4.55. The number of rotatable bonds is 6. The predicted octanol–water partition coefficient (Wildman–Crippen LogP) is 1.87. The van der Waals surface area contributed by atoms with Gasteiger partial charge in [-0.2, -0.15) is 0 Å². The first-order chi connectivity index (χ1) is 11.0. The summed E-state index contributed by atoms with van der Waals surface area (Å²) in [5.41, 5.74) is 5.56. The molecule has 0 spiro atoms. The summed E-state index contributed by atoms with van der Waals surface area (Å²) in [5, 5.41) is 3.10. The van der Waals surface area contributed by atoms with E-state index in [2.05, 4.69) is 12.2 Å². The third-order valence-corrected chi connectivity index (χ3v) is 4.22. The van der Waals surface area contributed by atoms with Gasteiger partial charge in [0.25, 0.3) is 11.8 Å². The normalized spacial score (nSPS) is 20.6. The average Bonchev–Trinajstić information content (AvgIpc) is 2.54. The molecular weight excluding hydrogens is 296 g/mol. The molecule has 0 bridgehead atoms. The number of primary amides is 1. The van der Waals surface area contributed by atoms with Gasteiger partial charge in [0.15, 0.2) is 18.1 Å². The van der Waals surface area contributed by atoms with Crippen molar-refractivity contribution in [1.82, 2.24) is 5.32 Å². The van der Waals surface area contributed by atoms with E-state index < -0.39 is 5.91 Å². The Morgan fingerprint density at radius 1 is 1.26 bits per heavy atom. The van der Waals surface area contributed by atoms with Crippen LogP contribution in [0.15, 0.2) is 18.2 Å². The summed E-state index contributed by atoms with van der Waals surface area (Å²) in [6, 6.07) is 5.09. The molecule has 23 heavy (non-hydrogen) atoms. The maximum atomic E-state index is 12.4. The van der Waals surface area contributed by atoms with Crippen LogP contribution in [0.1, 0.15) is 43.0 Å². The van der Waals surface area contributed by atoms with Gasteiger partial charge in [-0.25, -0.2) is 0 Å². The highest BCUT2D eigenvalue weighted by molar-refractivity contribution is 5.95. The maximum absolute atomic E-state index is 12.4. The lowest BCUT2D eigenvalue weighted by atomic mass is 9.86. The summed E-state index contributed by atoms with van der Waals surface area (Å²) in [4.78, 5) is 23.2. The molecule has 0 heterocycles. The van der Waals surface area contributed by atoms with E-state index in [9.17, 15) is 9.59 Å². The summed E-state index contributed by atoms with van der Waals surface area (Å²) in [5.74, 6) is 0.584. The van der Waals surface area contributed by atoms with Gasteiger partial charge in [0, 0.05) is 11.6 Å². The van der Waals surface area contributed by atoms with E-state index in [1.807, 2.05) is 0 Å². The SMILES string of the molecule is COc1cc(C(=O)N[C@@H]2CCCC[C@H]2C)ccc1OCC(N)=O. The van der Waals surface area contributed by atoms with Crippen LogP contribution in [-0.2, 0) is 4.79 Å². The number of methoxy groups -OCH3 is 1. The first kappa shape index (κ1) is 17.1. The highest BCUT2D eigenvalue weighted by Gasteiger charge is 2.23. The van der Waals surface area contributed by atoms with E-state index in [-0.39, 0.29) is 18.6 Å². The molecule has 2 amide bonds. The van der Waals surface area contributed by atoms with Gasteiger partial charge in [-0.3, -0.25) is 9.59 Å². The molecule has 1 fully saturated rings. The molecule has 6 heteroatoms. The molecule has 0 aliphatic heterocycles. The minimum atomic E-state index is -0.569. The number of carbonyl (C=O) groups excluding carboxylic acids is 2. The van der Waals surface area contributed by atoms with Gasteiger partial charge in [-0.15, -0.1) is 0 Å². The van der Waals surface area contributed by atoms with E-state index in [4.69, 9.17) is 15.2 Å². The van der Waals surface area contributed by atoms with Crippen LogP contribution >= 0.6 is 0 Å². The molecule has 2 rings (SSSR count). The zero-order valence-electron chi connectivity index (χ0n) is 13.6. The Labute approximate surface area is 136 Å². The van der Waals surface area contributed by atoms with Crippen molar-refractivity contribution in [3.8, 4) is 11.5 Å². The van der Waals surface area contributed by atoms with Crippen LogP contribution in [-0.4, -0.2) is 31.6 Å². The standard InChI is InChI=1S/C17H24N2O4/c1-11-5-3-4-6-13(11)19-17(21)12-7-8-14(15(9-12)22-2)23-10-16(18)20/h7-9,11,13H,3-6,10H2,1-2H3,(H2,18,20)(H,19,21)/t11-,13-/m1/s1. The van der Waals surface area contributed by atoms with Crippen LogP contribution in [0.5, 0.6) is 11.5 Å². The molecular formula is C17H24N2O4. The van der Waals surface area contributed by atoms with Crippen LogP contribution in [0.25, 0.3) is 0 Å². The molecule has 0 unspecified atom stereocenters. The highest BCUT2D eigenvalue weighted by Crippen LogP contribution is 2.29. The van der Waals surface area contributed by atoms with Gasteiger partial charge in [0.05, 0.1) is 7.11 Å². The molecule has 1 saturated carbocycles. The quantitative estimate of drug-likeness (QED) is 0.837. The number of benzene rings is 1. The third kappa shape index (κ3) is 4.61. The Hall–Kier alpha value is -2.24. The van der Waals surface area contributed by atoms with Crippen LogP contribution in [0.3, 0.4) is 0 Å². The number of ether oxygens (including phenoxy) is 2. The number of nitrogens with two attached hydrogens (primary N) is 1. The average molecular weight is 320 g/mol. The maximum Gasteiger partial charge on any atom is 0.255 e. The molecule has 1 aliphatic rings. The van der Waals surface area contributed by atoms with Gasteiger partial charge >= 0.3 is 0 Å².